The van der Waals surface area contributed by atoms with Crippen molar-refractivity contribution in [1.82, 2.24) is 19.4 Å². The topological polar surface area (TPSA) is 107 Å². The molecule has 236 valence electrons. The summed E-state index contributed by atoms with van der Waals surface area (Å²) in [5, 5.41) is 11.8. The van der Waals surface area contributed by atoms with E-state index in [4.69, 9.17) is 26.1 Å². The number of methoxy groups -OCH3 is 1. The zero-order chi connectivity index (χ0) is 31.5. The van der Waals surface area contributed by atoms with Crippen LogP contribution < -0.4 is 10.3 Å². The number of ether oxygens (including phenoxy) is 2. The summed E-state index contributed by atoms with van der Waals surface area (Å²) in [7, 11) is 1.84. The molecule has 1 spiro atoms. The molecule has 11 heteroatoms. The Labute approximate surface area is 270 Å². The molecule has 1 unspecified atom stereocenters. The van der Waals surface area contributed by atoms with E-state index >= 15 is 0 Å². The van der Waals surface area contributed by atoms with Crippen molar-refractivity contribution in [3.8, 4) is 16.9 Å². The molecule has 2 aliphatic carbocycles. The predicted molar refractivity (Wildman–Crippen MR) is 175 cm³/mol. The van der Waals surface area contributed by atoms with Crippen LogP contribution in [0.3, 0.4) is 0 Å². The summed E-state index contributed by atoms with van der Waals surface area (Å²) >= 11 is 7.76. The normalized spacial score (nSPS) is 20.8. The monoisotopic (exact) mass is 648 g/mol. The fourth-order valence-electron chi connectivity index (χ4n) is 7.45. The molecule has 1 N–H and O–H groups in total. The summed E-state index contributed by atoms with van der Waals surface area (Å²) in [5.74, 6) is 0.282. The maximum absolute atomic E-state index is 13.9. The van der Waals surface area contributed by atoms with E-state index in [0.29, 0.717) is 51.9 Å². The molecule has 4 aromatic rings. The van der Waals surface area contributed by atoms with Gasteiger partial charge in [0.05, 0.1) is 34.1 Å². The molecule has 0 amide bonds. The van der Waals surface area contributed by atoms with Crippen molar-refractivity contribution in [2.24, 2.45) is 5.41 Å². The van der Waals surface area contributed by atoms with Gasteiger partial charge in [-0.15, -0.1) is 11.3 Å². The number of aromatic nitrogens is 3. The van der Waals surface area contributed by atoms with Crippen LogP contribution in [0.1, 0.15) is 58.8 Å². The van der Waals surface area contributed by atoms with Gasteiger partial charge in [-0.1, -0.05) is 11.6 Å². The molecule has 2 atom stereocenters. The number of carboxylic acids is 1. The third-order valence-electron chi connectivity index (χ3n) is 9.95. The highest BCUT2D eigenvalue weighted by atomic mass is 35.5. The number of piperidine rings is 1. The van der Waals surface area contributed by atoms with Gasteiger partial charge in [0.15, 0.2) is 0 Å². The highest BCUT2D eigenvalue weighted by Gasteiger charge is 2.53. The van der Waals surface area contributed by atoms with Gasteiger partial charge in [-0.25, -0.2) is 9.78 Å². The molecule has 1 saturated heterocycles. The molecule has 0 bridgehead atoms. The Kier molecular flexibility index (Phi) is 7.96. The van der Waals surface area contributed by atoms with E-state index in [0.717, 1.165) is 65.9 Å². The predicted octanol–water partition coefficient (Wildman–Crippen LogP) is 5.93. The number of aryl methyl sites for hydroxylation is 3. The van der Waals surface area contributed by atoms with Gasteiger partial charge >= 0.3 is 5.97 Å². The summed E-state index contributed by atoms with van der Waals surface area (Å²) in [6.45, 7) is 6.41. The van der Waals surface area contributed by atoms with Gasteiger partial charge in [-0.3, -0.25) is 19.2 Å². The zero-order valence-electron chi connectivity index (χ0n) is 25.8. The number of benzene rings is 1. The highest BCUT2D eigenvalue weighted by Crippen LogP contribution is 2.53. The second kappa shape index (κ2) is 11.8. The quantitative estimate of drug-likeness (QED) is 0.251. The number of likely N-dealkylation sites (tertiary alicyclic amines) is 1. The minimum Gasteiger partial charge on any atom is -0.491 e. The molecule has 7 rings (SSSR count). The Morgan fingerprint density at radius 1 is 1.18 bits per heavy atom. The molecule has 0 radical (unpaired) electrons. The summed E-state index contributed by atoms with van der Waals surface area (Å²) in [6.07, 6.45) is 6.46. The number of pyridine rings is 1. The number of hydrogen-bond acceptors (Lipinski definition) is 8. The molecular weight excluding hydrogens is 612 g/mol. The van der Waals surface area contributed by atoms with Crippen molar-refractivity contribution < 1.29 is 19.4 Å². The number of thiophene rings is 1. The van der Waals surface area contributed by atoms with Crippen molar-refractivity contribution in [1.29, 1.82) is 0 Å². The lowest BCUT2D eigenvalue weighted by molar-refractivity contribution is -0.0329. The standard InChI is InChI=1S/C34H37ClN4O5S/c1-19-14-24(31-30(36-19)26(17-45-31)33(41)42)23-15-21(35)4-7-28(23)44-13-12-39-20(2)37-27-6-5-22(16-25(27)32(39)40)38-11-8-29(43-3)34(18-38)9-10-34/h4,7,14-15,17,22,29H,5-6,8-13,16,18H2,1-3H3,(H,41,42)/t22-,29?/m0/s1. The van der Waals surface area contributed by atoms with Crippen molar-refractivity contribution in [2.45, 2.75) is 71.1 Å². The maximum atomic E-state index is 13.9. The minimum atomic E-state index is -1.01. The van der Waals surface area contributed by atoms with E-state index in [9.17, 15) is 14.7 Å². The summed E-state index contributed by atoms with van der Waals surface area (Å²) in [6, 6.07) is 7.68. The van der Waals surface area contributed by atoms with E-state index in [1.54, 1.807) is 16.0 Å². The Hall–Kier alpha value is -3.31. The van der Waals surface area contributed by atoms with Gasteiger partial charge in [-0.05, 0) is 76.6 Å². The third-order valence-corrected chi connectivity index (χ3v) is 11.2. The first-order chi connectivity index (χ1) is 21.7. The molecule has 1 saturated carbocycles. The van der Waals surface area contributed by atoms with Crippen molar-refractivity contribution in [3.63, 3.8) is 0 Å². The smallest absolute Gasteiger partial charge is 0.338 e. The molecule has 9 nitrogen and oxygen atoms in total. The molecule has 3 aliphatic rings. The lowest BCUT2D eigenvalue weighted by Gasteiger charge is -2.43. The fraction of sp³-hybridized carbons (Fsp3) is 0.471. The van der Waals surface area contributed by atoms with Gasteiger partial charge in [0, 0.05) is 64.4 Å². The molecule has 4 heterocycles. The number of nitrogens with zero attached hydrogens (tertiary/aromatic N) is 4. The number of halogens is 1. The number of aromatic carboxylic acids is 1. The number of carbonyl (C=O) groups is 1. The van der Waals surface area contributed by atoms with Crippen LogP contribution in [-0.4, -0.2) is 69.5 Å². The number of hydrogen-bond donors (Lipinski definition) is 1. The fourth-order valence-corrected chi connectivity index (χ4v) is 8.64. The summed E-state index contributed by atoms with van der Waals surface area (Å²) < 4.78 is 14.6. The van der Waals surface area contributed by atoms with E-state index in [1.807, 2.05) is 39.2 Å². The minimum absolute atomic E-state index is 0.0290. The first-order valence-corrected chi connectivity index (χ1v) is 16.8. The number of fused-ring (bicyclic) bond motifs is 2. The van der Waals surface area contributed by atoms with E-state index in [-0.39, 0.29) is 17.7 Å². The largest absolute Gasteiger partial charge is 0.491 e. The van der Waals surface area contributed by atoms with Crippen molar-refractivity contribution in [2.75, 3.05) is 26.8 Å². The van der Waals surface area contributed by atoms with Crippen LogP contribution in [0.25, 0.3) is 21.3 Å². The maximum Gasteiger partial charge on any atom is 0.338 e. The Bertz CT molecular complexity index is 1870. The Morgan fingerprint density at radius 2 is 2.00 bits per heavy atom. The van der Waals surface area contributed by atoms with Crippen LogP contribution in [0.4, 0.5) is 0 Å². The summed E-state index contributed by atoms with van der Waals surface area (Å²) in [5.41, 5.74) is 4.98. The second-order valence-electron chi connectivity index (χ2n) is 12.7. The van der Waals surface area contributed by atoms with E-state index < -0.39 is 5.97 Å². The third kappa shape index (κ3) is 5.56. The molecule has 1 aromatic carbocycles. The lowest BCUT2D eigenvalue weighted by atomic mass is 9.86. The van der Waals surface area contributed by atoms with Gasteiger partial charge in [0.1, 0.15) is 18.2 Å². The van der Waals surface area contributed by atoms with Gasteiger partial charge < -0.3 is 14.6 Å². The number of rotatable bonds is 8. The molecule has 45 heavy (non-hydrogen) atoms. The lowest BCUT2D eigenvalue weighted by Crippen LogP contribution is -2.51. The molecule has 3 aromatic heterocycles. The van der Waals surface area contributed by atoms with Crippen LogP contribution in [0, 0.1) is 19.3 Å². The van der Waals surface area contributed by atoms with Gasteiger partial charge in [0.2, 0.25) is 0 Å². The van der Waals surface area contributed by atoms with Crippen LogP contribution in [0.15, 0.2) is 34.4 Å². The van der Waals surface area contributed by atoms with Crippen LogP contribution in [0.5, 0.6) is 5.75 Å². The van der Waals surface area contributed by atoms with Gasteiger partial charge in [-0.2, -0.15) is 0 Å². The SMILES string of the molecule is COC1CCN([C@H]2CCc3nc(C)n(CCOc4ccc(Cl)cc4-c4cc(C)nc5c(C(=O)O)csc45)c(=O)c3C2)CC12CC2. The molecular formula is C34H37ClN4O5S. The Morgan fingerprint density at radius 3 is 2.76 bits per heavy atom. The van der Waals surface area contributed by atoms with Crippen LogP contribution >= 0.6 is 22.9 Å². The zero-order valence-corrected chi connectivity index (χ0v) is 27.3. The Balaban J connectivity index is 1.11. The first-order valence-electron chi connectivity index (χ1n) is 15.6. The highest BCUT2D eigenvalue weighted by molar-refractivity contribution is 7.18. The van der Waals surface area contributed by atoms with Crippen molar-refractivity contribution in [3.05, 3.63) is 73.4 Å². The van der Waals surface area contributed by atoms with Gasteiger partial charge in [0.25, 0.3) is 5.56 Å². The average molecular weight is 649 g/mol. The molecule has 2 fully saturated rings. The van der Waals surface area contributed by atoms with E-state index in [2.05, 4.69) is 9.88 Å². The average Bonchev–Trinajstić information content (AvgIpc) is 3.64. The first kappa shape index (κ1) is 30.3. The van der Waals surface area contributed by atoms with Crippen molar-refractivity contribution >= 4 is 39.1 Å². The number of carboxylic acid groups (broad SMARTS) is 1. The van der Waals surface area contributed by atoms with Crippen LogP contribution in [0.2, 0.25) is 5.02 Å². The second-order valence-corrected chi connectivity index (χ2v) is 14.0. The van der Waals surface area contributed by atoms with E-state index in [1.165, 1.54) is 24.2 Å². The molecule has 1 aliphatic heterocycles. The van der Waals surface area contributed by atoms with Crippen LogP contribution in [-0.2, 0) is 24.1 Å². The summed E-state index contributed by atoms with van der Waals surface area (Å²) in [4.78, 5) is 37.7.